The van der Waals surface area contributed by atoms with Crippen LogP contribution in [0.5, 0.6) is 0 Å². The number of allylic oxidation sites excluding steroid dienone is 2. The van der Waals surface area contributed by atoms with E-state index in [1.807, 2.05) is 4.90 Å². The molecule has 1 N–H and O–H groups in total. The maximum absolute atomic E-state index is 12.1. The Morgan fingerprint density at radius 3 is 2.44 bits per heavy atom. The Morgan fingerprint density at radius 2 is 1.89 bits per heavy atom. The molecule has 5 heteroatoms. The van der Waals surface area contributed by atoms with Crippen LogP contribution < -0.4 is 5.32 Å². The summed E-state index contributed by atoms with van der Waals surface area (Å²) in [5.74, 6) is 0.651. The monoisotopic (exact) mass is 251 g/mol. The van der Waals surface area contributed by atoms with Gasteiger partial charge in [0.15, 0.2) is 0 Å². The predicted octanol–water partition coefficient (Wildman–Crippen LogP) is 0.826. The first-order chi connectivity index (χ1) is 8.70. The fraction of sp³-hybridized carbons (Fsp3) is 0.692. The summed E-state index contributed by atoms with van der Waals surface area (Å²) in [5.41, 5.74) is 0. The standard InChI is InChI=1S/C13H21N3O2/c1-14-13(18)16-8-6-15(7-9-16)12(17)10-11-4-2-3-5-11/h2,4,11H,3,5-10H2,1H3,(H,14,18)/t11-/m0/s1. The minimum Gasteiger partial charge on any atom is -0.341 e. The van der Waals surface area contributed by atoms with Crippen LogP contribution in [0.2, 0.25) is 0 Å². The summed E-state index contributed by atoms with van der Waals surface area (Å²) < 4.78 is 0. The highest BCUT2D eigenvalue weighted by Gasteiger charge is 2.25. The first-order valence-electron chi connectivity index (χ1n) is 6.62. The van der Waals surface area contributed by atoms with Crippen LogP contribution in [0.15, 0.2) is 12.2 Å². The van der Waals surface area contributed by atoms with Gasteiger partial charge >= 0.3 is 6.03 Å². The Hall–Kier alpha value is -1.52. The quantitative estimate of drug-likeness (QED) is 0.739. The van der Waals surface area contributed by atoms with E-state index in [9.17, 15) is 9.59 Å². The average molecular weight is 251 g/mol. The Bertz CT molecular complexity index is 346. The molecule has 0 bridgehead atoms. The molecule has 5 nitrogen and oxygen atoms in total. The third-order valence-corrected chi connectivity index (χ3v) is 3.68. The van der Waals surface area contributed by atoms with Crippen molar-refractivity contribution < 1.29 is 9.59 Å². The van der Waals surface area contributed by atoms with E-state index in [0.29, 0.717) is 38.5 Å². The van der Waals surface area contributed by atoms with Crippen molar-refractivity contribution in [3.05, 3.63) is 12.2 Å². The Morgan fingerprint density at radius 1 is 1.22 bits per heavy atom. The number of urea groups is 1. The van der Waals surface area contributed by atoms with E-state index in [-0.39, 0.29) is 11.9 Å². The van der Waals surface area contributed by atoms with Crippen LogP contribution in [0.4, 0.5) is 4.79 Å². The van der Waals surface area contributed by atoms with E-state index >= 15 is 0 Å². The van der Waals surface area contributed by atoms with Gasteiger partial charge in [0.25, 0.3) is 0 Å². The molecule has 1 aliphatic carbocycles. The zero-order chi connectivity index (χ0) is 13.0. The highest BCUT2D eigenvalue weighted by atomic mass is 16.2. The molecular weight excluding hydrogens is 230 g/mol. The van der Waals surface area contributed by atoms with Gasteiger partial charge < -0.3 is 15.1 Å². The van der Waals surface area contributed by atoms with Gasteiger partial charge in [-0.2, -0.15) is 0 Å². The van der Waals surface area contributed by atoms with Crippen LogP contribution >= 0.6 is 0 Å². The summed E-state index contributed by atoms with van der Waals surface area (Å²) in [6.45, 7) is 2.57. The van der Waals surface area contributed by atoms with Crippen molar-refractivity contribution in [3.63, 3.8) is 0 Å². The van der Waals surface area contributed by atoms with Crippen LogP contribution in [-0.2, 0) is 4.79 Å². The first-order valence-corrected chi connectivity index (χ1v) is 6.62. The van der Waals surface area contributed by atoms with Gasteiger partial charge in [-0.15, -0.1) is 0 Å². The summed E-state index contributed by atoms with van der Waals surface area (Å²) in [5, 5.41) is 2.61. The number of nitrogens with zero attached hydrogens (tertiary/aromatic N) is 2. The fourth-order valence-electron chi connectivity index (χ4n) is 2.54. The van der Waals surface area contributed by atoms with Gasteiger partial charge in [-0.05, 0) is 18.8 Å². The SMILES string of the molecule is CNC(=O)N1CCN(C(=O)C[C@H]2C=CCC2)CC1. The molecular formula is C13H21N3O2. The summed E-state index contributed by atoms with van der Waals surface area (Å²) >= 11 is 0. The Labute approximate surface area is 108 Å². The van der Waals surface area contributed by atoms with Crippen LogP contribution in [0, 0.1) is 5.92 Å². The molecule has 18 heavy (non-hydrogen) atoms. The van der Waals surface area contributed by atoms with E-state index in [1.54, 1.807) is 11.9 Å². The van der Waals surface area contributed by atoms with Crippen molar-refractivity contribution in [1.29, 1.82) is 0 Å². The Balaban J connectivity index is 1.76. The van der Waals surface area contributed by atoms with Crippen molar-refractivity contribution in [1.82, 2.24) is 15.1 Å². The number of nitrogens with one attached hydrogen (secondary N) is 1. The van der Waals surface area contributed by atoms with Gasteiger partial charge in [-0.1, -0.05) is 12.2 Å². The van der Waals surface area contributed by atoms with Crippen LogP contribution in [0.3, 0.4) is 0 Å². The maximum atomic E-state index is 12.1. The number of carbonyl (C=O) groups is 2. The average Bonchev–Trinajstić information content (AvgIpc) is 2.91. The largest absolute Gasteiger partial charge is 0.341 e. The molecule has 100 valence electrons. The van der Waals surface area contributed by atoms with E-state index in [1.165, 1.54) is 0 Å². The van der Waals surface area contributed by atoms with Gasteiger partial charge in [0.05, 0.1) is 0 Å². The molecule has 0 unspecified atom stereocenters. The van der Waals surface area contributed by atoms with Gasteiger partial charge in [0, 0.05) is 39.6 Å². The molecule has 1 heterocycles. The summed E-state index contributed by atoms with van der Waals surface area (Å²) in [6, 6.07) is -0.0548. The third kappa shape index (κ3) is 3.03. The van der Waals surface area contributed by atoms with Crippen molar-refractivity contribution in [3.8, 4) is 0 Å². The minimum atomic E-state index is -0.0548. The number of hydrogen-bond acceptors (Lipinski definition) is 2. The molecule has 3 amide bonds. The second-order valence-electron chi connectivity index (χ2n) is 4.89. The minimum absolute atomic E-state index is 0.0548. The molecule has 1 fully saturated rings. The zero-order valence-corrected chi connectivity index (χ0v) is 10.9. The highest BCUT2D eigenvalue weighted by Crippen LogP contribution is 2.21. The van der Waals surface area contributed by atoms with Crippen LogP contribution in [0.25, 0.3) is 0 Å². The van der Waals surface area contributed by atoms with E-state index in [0.717, 1.165) is 12.8 Å². The molecule has 0 spiro atoms. The molecule has 0 aromatic heterocycles. The zero-order valence-electron chi connectivity index (χ0n) is 10.9. The first kappa shape index (κ1) is 12.9. The molecule has 1 saturated heterocycles. The summed E-state index contributed by atoms with van der Waals surface area (Å²) in [6.07, 6.45) is 7.13. The van der Waals surface area contributed by atoms with Crippen molar-refractivity contribution in [2.45, 2.75) is 19.3 Å². The molecule has 0 saturated carbocycles. The lowest BCUT2D eigenvalue weighted by atomic mass is 10.0. The van der Waals surface area contributed by atoms with E-state index < -0.39 is 0 Å². The molecule has 0 aromatic carbocycles. The molecule has 1 atom stereocenters. The molecule has 0 radical (unpaired) electrons. The topological polar surface area (TPSA) is 52.7 Å². The lowest BCUT2D eigenvalue weighted by Crippen LogP contribution is -2.52. The normalized spacial score (nSPS) is 23.3. The number of rotatable bonds is 2. The number of hydrogen-bond donors (Lipinski definition) is 1. The predicted molar refractivity (Wildman–Crippen MR) is 69.1 cm³/mol. The van der Waals surface area contributed by atoms with Crippen LogP contribution in [0.1, 0.15) is 19.3 Å². The molecule has 0 aromatic rings. The lowest BCUT2D eigenvalue weighted by molar-refractivity contribution is -0.133. The van der Waals surface area contributed by atoms with Crippen LogP contribution in [-0.4, -0.2) is 55.0 Å². The number of amides is 3. The second kappa shape index (κ2) is 5.89. The number of piperazine rings is 1. The summed E-state index contributed by atoms with van der Waals surface area (Å²) in [7, 11) is 1.63. The van der Waals surface area contributed by atoms with Gasteiger partial charge in [-0.3, -0.25) is 4.79 Å². The Kier molecular flexibility index (Phi) is 4.23. The van der Waals surface area contributed by atoms with Gasteiger partial charge in [0.1, 0.15) is 0 Å². The van der Waals surface area contributed by atoms with Gasteiger partial charge in [0.2, 0.25) is 5.91 Å². The van der Waals surface area contributed by atoms with Crippen molar-refractivity contribution in [2.75, 3.05) is 33.2 Å². The fourth-order valence-corrected chi connectivity index (χ4v) is 2.54. The van der Waals surface area contributed by atoms with Gasteiger partial charge in [-0.25, -0.2) is 4.79 Å². The molecule has 2 aliphatic rings. The van der Waals surface area contributed by atoms with E-state index in [2.05, 4.69) is 17.5 Å². The number of carbonyl (C=O) groups excluding carboxylic acids is 2. The third-order valence-electron chi connectivity index (χ3n) is 3.68. The summed E-state index contributed by atoms with van der Waals surface area (Å²) in [4.78, 5) is 27.1. The van der Waals surface area contributed by atoms with Crippen molar-refractivity contribution >= 4 is 11.9 Å². The highest BCUT2D eigenvalue weighted by molar-refractivity contribution is 5.78. The second-order valence-corrected chi connectivity index (χ2v) is 4.89. The smallest absolute Gasteiger partial charge is 0.317 e. The van der Waals surface area contributed by atoms with E-state index in [4.69, 9.17) is 0 Å². The molecule has 2 rings (SSSR count). The molecule has 1 aliphatic heterocycles. The van der Waals surface area contributed by atoms with Crippen molar-refractivity contribution in [2.24, 2.45) is 5.92 Å². The maximum Gasteiger partial charge on any atom is 0.317 e. The lowest BCUT2D eigenvalue weighted by Gasteiger charge is -2.34.